The lowest BCUT2D eigenvalue weighted by Gasteiger charge is -2.11. The smallest absolute Gasteiger partial charge is 0.322 e. The van der Waals surface area contributed by atoms with Gasteiger partial charge in [0.25, 0.3) is 5.91 Å². The van der Waals surface area contributed by atoms with E-state index in [0.717, 1.165) is 30.3 Å². The monoisotopic (exact) mass is 444 g/mol. The number of hydrogen-bond donors (Lipinski definition) is 2. The highest BCUT2D eigenvalue weighted by molar-refractivity contribution is 7.89. The summed E-state index contributed by atoms with van der Waals surface area (Å²) in [4.78, 5) is 11.5. The topological polar surface area (TPSA) is 75.3 Å². The molecule has 2 aromatic carbocycles. The minimum atomic E-state index is -5.01. The molecule has 0 aliphatic heterocycles. The third-order valence-corrected chi connectivity index (χ3v) is 4.84. The third-order valence-electron chi connectivity index (χ3n) is 3.42. The Morgan fingerprint density at radius 1 is 0.931 bits per heavy atom. The van der Waals surface area contributed by atoms with E-state index in [1.807, 2.05) is 0 Å². The van der Waals surface area contributed by atoms with Crippen molar-refractivity contribution in [2.75, 3.05) is 11.9 Å². The van der Waals surface area contributed by atoms with Crippen molar-refractivity contribution >= 4 is 21.6 Å². The van der Waals surface area contributed by atoms with Crippen molar-refractivity contribution in [2.24, 2.45) is 0 Å². The molecule has 0 spiro atoms. The molecule has 0 aliphatic carbocycles. The number of sulfonamides is 1. The summed E-state index contributed by atoms with van der Waals surface area (Å²) in [6.07, 6.45) is -9.77. The molecule has 2 N–H and O–H groups in total. The summed E-state index contributed by atoms with van der Waals surface area (Å²) in [6.45, 7) is -1.78. The van der Waals surface area contributed by atoms with Crippen LogP contribution in [0.1, 0.15) is 15.9 Å². The summed E-state index contributed by atoms with van der Waals surface area (Å²) in [6, 6.07) is 5.42. The van der Waals surface area contributed by atoms with Crippen LogP contribution in [0.3, 0.4) is 0 Å². The number of hydrogen-bond acceptors (Lipinski definition) is 3. The molecule has 5 nitrogen and oxygen atoms in total. The number of rotatable bonds is 5. The van der Waals surface area contributed by atoms with E-state index < -0.39 is 56.7 Å². The lowest BCUT2D eigenvalue weighted by Crippen LogP contribution is -2.33. The second-order valence-corrected chi connectivity index (χ2v) is 7.38. The highest BCUT2D eigenvalue weighted by Crippen LogP contribution is 2.32. The van der Waals surface area contributed by atoms with Crippen LogP contribution in [0.4, 0.5) is 36.4 Å². The van der Waals surface area contributed by atoms with E-state index in [0.29, 0.717) is 12.1 Å². The van der Waals surface area contributed by atoms with Crippen LogP contribution in [0.15, 0.2) is 47.4 Å². The van der Waals surface area contributed by atoms with Crippen LogP contribution in [-0.2, 0) is 16.2 Å². The van der Waals surface area contributed by atoms with Crippen LogP contribution in [0.25, 0.3) is 0 Å². The summed E-state index contributed by atoms with van der Waals surface area (Å²) in [7, 11) is -4.47. The standard InChI is InChI=1S/C16H11F7N2O3S/c17-13-6-1-9(7-12(13)16(21,22)23)14(26)25-10-2-4-11(5-3-10)29(27,28)24-8-15(18,19)20/h1-7,24H,8H2,(H,25,26). The van der Waals surface area contributed by atoms with Gasteiger partial charge in [-0.25, -0.2) is 17.5 Å². The fourth-order valence-corrected chi connectivity index (χ4v) is 3.08. The van der Waals surface area contributed by atoms with Gasteiger partial charge in [0.1, 0.15) is 12.4 Å². The first-order valence-corrected chi connectivity index (χ1v) is 9.02. The predicted molar refractivity (Wildman–Crippen MR) is 87.0 cm³/mol. The van der Waals surface area contributed by atoms with Gasteiger partial charge in [-0.3, -0.25) is 4.79 Å². The summed E-state index contributed by atoms with van der Waals surface area (Å²) >= 11 is 0. The van der Waals surface area contributed by atoms with Crippen LogP contribution in [-0.4, -0.2) is 27.0 Å². The molecule has 2 rings (SSSR count). The van der Waals surface area contributed by atoms with Crippen LogP contribution in [0, 0.1) is 5.82 Å². The molecule has 0 radical (unpaired) electrons. The van der Waals surface area contributed by atoms with Crippen molar-refractivity contribution in [3.05, 3.63) is 59.4 Å². The molecule has 29 heavy (non-hydrogen) atoms. The van der Waals surface area contributed by atoms with Crippen LogP contribution < -0.4 is 10.0 Å². The summed E-state index contributed by atoms with van der Waals surface area (Å²) in [5.41, 5.74) is -2.20. The number of carbonyl (C=O) groups is 1. The first-order valence-electron chi connectivity index (χ1n) is 7.54. The Hall–Kier alpha value is -2.67. The Bertz CT molecular complexity index is 1000. The minimum absolute atomic E-state index is 0.0531. The lowest BCUT2D eigenvalue weighted by atomic mass is 10.1. The number of nitrogens with one attached hydrogen (secondary N) is 2. The molecule has 0 saturated heterocycles. The molecular formula is C16H11F7N2O3S. The van der Waals surface area contributed by atoms with Gasteiger partial charge in [-0.15, -0.1) is 0 Å². The number of amides is 1. The zero-order valence-corrected chi connectivity index (χ0v) is 14.8. The van der Waals surface area contributed by atoms with Gasteiger partial charge in [0.15, 0.2) is 0 Å². The summed E-state index contributed by atoms with van der Waals surface area (Å²) in [5, 5.41) is 2.17. The van der Waals surface area contributed by atoms with Gasteiger partial charge in [0.2, 0.25) is 10.0 Å². The molecule has 0 fully saturated rings. The van der Waals surface area contributed by atoms with Gasteiger partial charge in [-0.1, -0.05) is 0 Å². The van der Waals surface area contributed by atoms with Crippen LogP contribution in [0.5, 0.6) is 0 Å². The van der Waals surface area contributed by atoms with E-state index in [2.05, 4.69) is 5.32 Å². The Morgan fingerprint density at radius 2 is 1.52 bits per heavy atom. The average Bonchev–Trinajstić information content (AvgIpc) is 2.59. The number of alkyl halides is 6. The Kier molecular flexibility index (Phi) is 6.23. The summed E-state index contributed by atoms with van der Waals surface area (Å²) in [5.74, 6) is -2.60. The fraction of sp³-hybridized carbons (Fsp3) is 0.188. The maximum absolute atomic E-state index is 13.3. The van der Waals surface area contributed by atoms with Gasteiger partial charge in [-0.05, 0) is 42.5 Å². The van der Waals surface area contributed by atoms with Crippen LogP contribution >= 0.6 is 0 Å². The van der Waals surface area contributed by atoms with E-state index >= 15 is 0 Å². The van der Waals surface area contributed by atoms with E-state index in [4.69, 9.17) is 0 Å². The van der Waals surface area contributed by atoms with E-state index in [9.17, 15) is 43.9 Å². The molecule has 1 amide bonds. The van der Waals surface area contributed by atoms with Crippen molar-refractivity contribution in [3.8, 4) is 0 Å². The maximum atomic E-state index is 13.3. The summed E-state index contributed by atoms with van der Waals surface area (Å²) < 4.78 is 113. The Balaban J connectivity index is 2.15. The maximum Gasteiger partial charge on any atom is 0.419 e. The SMILES string of the molecule is O=C(Nc1ccc(S(=O)(=O)NCC(F)(F)F)cc1)c1ccc(F)c(C(F)(F)F)c1. The normalized spacial score (nSPS) is 12.7. The Labute approximate surface area is 159 Å². The number of carbonyl (C=O) groups excluding carboxylic acids is 1. The molecule has 0 heterocycles. The fourth-order valence-electron chi connectivity index (χ4n) is 2.06. The molecule has 0 atom stereocenters. The molecule has 2 aromatic rings. The predicted octanol–water partition coefficient (Wildman–Crippen LogP) is 3.94. The van der Waals surface area contributed by atoms with E-state index in [1.165, 1.54) is 4.72 Å². The van der Waals surface area contributed by atoms with Crippen LogP contribution in [0.2, 0.25) is 0 Å². The lowest BCUT2D eigenvalue weighted by molar-refractivity contribution is -0.140. The van der Waals surface area contributed by atoms with Crippen molar-refractivity contribution in [2.45, 2.75) is 17.2 Å². The van der Waals surface area contributed by atoms with Crippen molar-refractivity contribution in [3.63, 3.8) is 0 Å². The zero-order chi connectivity index (χ0) is 22.0. The molecular weight excluding hydrogens is 433 g/mol. The molecule has 158 valence electrons. The van der Waals surface area contributed by atoms with Crippen molar-refractivity contribution in [1.82, 2.24) is 4.72 Å². The van der Waals surface area contributed by atoms with Gasteiger partial charge in [0, 0.05) is 11.3 Å². The molecule has 0 unspecified atom stereocenters. The number of benzene rings is 2. The second-order valence-electron chi connectivity index (χ2n) is 5.61. The molecule has 0 aliphatic rings. The van der Waals surface area contributed by atoms with E-state index in [-0.39, 0.29) is 5.69 Å². The van der Waals surface area contributed by atoms with Gasteiger partial charge in [-0.2, -0.15) is 26.3 Å². The molecule has 0 bridgehead atoms. The highest BCUT2D eigenvalue weighted by atomic mass is 32.2. The second kappa shape index (κ2) is 7.99. The van der Waals surface area contributed by atoms with Gasteiger partial charge in [0.05, 0.1) is 10.5 Å². The van der Waals surface area contributed by atoms with Gasteiger partial charge < -0.3 is 5.32 Å². The third kappa shape index (κ3) is 6.15. The quantitative estimate of drug-likeness (QED) is 0.687. The van der Waals surface area contributed by atoms with Gasteiger partial charge >= 0.3 is 12.4 Å². The molecule has 13 heteroatoms. The zero-order valence-electron chi connectivity index (χ0n) is 14.0. The largest absolute Gasteiger partial charge is 0.419 e. The molecule has 0 saturated carbocycles. The first kappa shape index (κ1) is 22.6. The number of halogens is 7. The van der Waals surface area contributed by atoms with Crippen molar-refractivity contribution < 1.29 is 43.9 Å². The number of anilines is 1. The highest BCUT2D eigenvalue weighted by Gasteiger charge is 2.34. The average molecular weight is 444 g/mol. The van der Waals surface area contributed by atoms with E-state index in [1.54, 1.807) is 0 Å². The minimum Gasteiger partial charge on any atom is -0.322 e. The molecule has 0 aromatic heterocycles. The first-order chi connectivity index (χ1) is 13.2. The van der Waals surface area contributed by atoms with Crippen molar-refractivity contribution in [1.29, 1.82) is 0 Å². The Morgan fingerprint density at radius 3 is 2.03 bits per heavy atom.